The third-order valence-corrected chi connectivity index (χ3v) is 6.15. The van der Waals surface area contributed by atoms with Crippen LogP contribution in [0.2, 0.25) is 0 Å². The molecule has 0 atom stereocenters. The van der Waals surface area contributed by atoms with Crippen molar-refractivity contribution >= 4 is 0 Å². The molecule has 0 aliphatic rings. The predicted molar refractivity (Wildman–Crippen MR) is 157 cm³/mol. The van der Waals surface area contributed by atoms with Crippen LogP contribution in [0.25, 0.3) is 0 Å². The van der Waals surface area contributed by atoms with E-state index >= 15 is 0 Å². The van der Waals surface area contributed by atoms with Crippen LogP contribution in [-0.4, -0.2) is 50.0 Å². The summed E-state index contributed by atoms with van der Waals surface area (Å²) in [5, 5.41) is 29.5. The van der Waals surface area contributed by atoms with Gasteiger partial charge in [0.05, 0.1) is 32.9 Å². The fourth-order valence-electron chi connectivity index (χ4n) is 3.93. The molecule has 0 spiro atoms. The van der Waals surface area contributed by atoms with Crippen LogP contribution in [0.1, 0.15) is 96.5 Å². The molecule has 17 heteroatoms. The van der Waals surface area contributed by atoms with Gasteiger partial charge in [0.15, 0.2) is 0 Å². The Balaban J connectivity index is 0.000000646. The van der Waals surface area contributed by atoms with Gasteiger partial charge < -0.3 is 50.6 Å². The minimum Gasteiger partial charge on any atom is -0.356 e. The molecule has 0 saturated heterocycles. The molecule has 0 amide bonds. The number of aromatic amines is 4. The van der Waals surface area contributed by atoms with Crippen molar-refractivity contribution in [3.05, 3.63) is 99.5 Å². The van der Waals surface area contributed by atoms with Crippen LogP contribution in [0.5, 0.6) is 0 Å². The van der Waals surface area contributed by atoms with Gasteiger partial charge in [-0.1, -0.05) is 27.7 Å². The fourth-order valence-corrected chi connectivity index (χ4v) is 3.93. The summed E-state index contributed by atoms with van der Waals surface area (Å²) >= 11 is 0. The van der Waals surface area contributed by atoms with Crippen LogP contribution in [0, 0.1) is 58.3 Å². The summed E-state index contributed by atoms with van der Waals surface area (Å²) in [7, 11) is 0. The SMILES string of the molecule is CCc1nc(Cc2nc(CC)[nH]c2C)c(C)[nH]1.CCc1nc(Cc2nc(CC)[nH]c2C)c(C)[nH]1.O=[N+]([O-])[O-].O=[N+]([O-])[O-].[Ni+2]. The molecule has 4 aromatic rings. The zero-order valence-corrected chi connectivity index (χ0v) is 26.7. The summed E-state index contributed by atoms with van der Waals surface area (Å²) < 4.78 is 0. The summed E-state index contributed by atoms with van der Waals surface area (Å²) in [4.78, 5) is 48.1. The van der Waals surface area contributed by atoms with E-state index in [2.05, 4.69) is 95.3 Å². The maximum atomic E-state index is 8.25. The Bertz CT molecular complexity index is 1220. The van der Waals surface area contributed by atoms with Gasteiger partial charge in [-0.05, 0) is 27.7 Å². The fraction of sp³-hybridized carbons (Fsp3) is 0.538. The van der Waals surface area contributed by atoms with E-state index in [9.17, 15) is 0 Å². The monoisotopic (exact) mass is 646 g/mol. The molecule has 0 aliphatic heterocycles. The molecule has 4 aromatic heterocycles. The Morgan fingerprint density at radius 2 is 0.651 bits per heavy atom. The van der Waals surface area contributed by atoms with Gasteiger partial charge >= 0.3 is 16.5 Å². The molecule has 0 saturated carbocycles. The topological polar surface area (TPSA) is 247 Å². The van der Waals surface area contributed by atoms with Crippen LogP contribution in [0.3, 0.4) is 0 Å². The summed E-state index contributed by atoms with van der Waals surface area (Å²) in [6.45, 7) is 16.7. The van der Waals surface area contributed by atoms with E-state index in [1.165, 1.54) is 0 Å². The first-order chi connectivity index (χ1) is 19.7. The molecule has 0 bridgehead atoms. The van der Waals surface area contributed by atoms with E-state index in [4.69, 9.17) is 30.6 Å². The van der Waals surface area contributed by atoms with E-state index in [1.54, 1.807) is 0 Å². The third kappa shape index (κ3) is 13.5. The number of rotatable bonds is 8. The summed E-state index contributed by atoms with van der Waals surface area (Å²) in [6, 6.07) is 0. The molecule has 0 fully saturated rings. The number of hydrogen-bond donors (Lipinski definition) is 4. The van der Waals surface area contributed by atoms with Crippen LogP contribution in [-0.2, 0) is 55.0 Å². The first-order valence-corrected chi connectivity index (χ1v) is 13.5. The van der Waals surface area contributed by atoms with Crippen LogP contribution in [0.15, 0.2) is 0 Å². The first-order valence-electron chi connectivity index (χ1n) is 13.5. The van der Waals surface area contributed by atoms with Crippen molar-refractivity contribution in [2.75, 3.05) is 0 Å². The van der Waals surface area contributed by atoms with Gasteiger partial charge in [0, 0.05) is 61.3 Å². The second kappa shape index (κ2) is 19.0. The largest absolute Gasteiger partial charge is 2.00 e. The Labute approximate surface area is 259 Å². The molecule has 4 heterocycles. The molecule has 0 aromatic carbocycles. The maximum Gasteiger partial charge on any atom is 2.00 e. The smallest absolute Gasteiger partial charge is 0.356 e. The van der Waals surface area contributed by atoms with Gasteiger partial charge in [0.25, 0.3) is 0 Å². The predicted octanol–water partition coefficient (Wildman–Crippen LogP) is 4.45. The summed E-state index contributed by atoms with van der Waals surface area (Å²) in [5.74, 6) is 4.23. The van der Waals surface area contributed by atoms with Gasteiger partial charge in [-0.2, -0.15) is 0 Å². The first kappa shape index (κ1) is 38.7. The molecule has 0 aliphatic carbocycles. The number of H-pyrrole nitrogens is 4. The van der Waals surface area contributed by atoms with Crippen molar-refractivity contribution in [2.24, 2.45) is 0 Å². The van der Waals surface area contributed by atoms with E-state index < -0.39 is 10.2 Å². The van der Waals surface area contributed by atoms with E-state index in [1.807, 2.05) is 0 Å². The number of nitrogens with one attached hydrogen (secondary N) is 4. The van der Waals surface area contributed by atoms with Crippen molar-refractivity contribution in [1.29, 1.82) is 0 Å². The Hall–Kier alpha value is -4.27. The quantitative estimate of drug-likeness (QED) is 0.119. The van der Waals surface area contributed by atoms with Gasteiger partial charge in [0.1, 0.15) is 23.3 Å². The van der Waals surface area contributed by atoms with Crippen molar-refractivity contribution in [1.82, 2.24) is 39.9 Å². The van der Waals surface area contributed by atoms with Crippen molar-refractivity contribution < 1.29 is 26.7 Å². The molecule has 240 valence electrons. The number of hydrogen-bond acceptors (Lipinski definition) is 10. The minimum absolute atomic E-state index is 0. The normalized spacial score (nSPS) is 9.86. The van der Waals surface area contributed by atoms with Gasteiger partial charge in [0.2, 0.25) is 0 Å². The average molecular weight is 647 g/mol. The molecule has 43 heavy (non-hydrogen) atoms. The van der Waals surface area contributed by atoms with Gasteiger partial charge in [-0.25, -0.2) is 19.9 Å². The molecule has 4 N–H and O–H groups in total. The van der Waals surface area contributed by atoms with Crippen molar-refractivity contribution in [3.63, 3.8) is 0 Å². The maximum absolute atomic E-state index is 8.25. The van der Waals surface area contributed by atoms with E-state index in [0.29, 0.717) is 0 Å². The number of imidazole rings is 4. The van der Waals surface area contributed by atoms with Crippen molar-refractivity contribution in [3.8, 4) is 0 Å². The molecule has 0 radical (unpaired) electrons. The Morgan fingerprint density at radius 1 is 0.488 bits per heavy atom. The summed E-state index contributed by atoms with van der Waals surface area (Å²) in [5.41, 5.74) is 9.06. The Kier molecular flexibility index (Phi) is 17.1. The van der Waals surface area contributed by atoms with Crippen LogP contribution < -0.4 is 0 Å². The molecule has 0 unspecified atom stereocenters. The van der Waals surface area contributed by atoms with Gasteiger partial charge in [-0.3, -0.25) is 0 Å². The molecule has 16 nitrogen and oxygen atoms in total. The zero-order chi connectivity index (χ0) is 32.0. The number of nitrogens with zero attached hydrogens (tertiary/aromatic N) is 6. The number of aromatic nitrogens is 8. The van der Waals surface area contributed by atoms with Crippen LogP contribution >= 0.6 is 0 Å². The van der Waals surface area contributed by atoms with Crippen LogP contribution in [0.4, 0.5) is 0 Å². The van der Waals surface area contributed by atoms with Crippen molar-refractivity contribution in [2.45, 2.75) is 93.9 Å². The molecular weight excluding hydrogens is 607 g/mol. The third-order valence-electron chi connectivity index (χ3n) is 6.15. The standard InChI is InChI=1S/2C13H20N4.2NO3.Ni/c2*1-5-12-14-8(3)10(16-12)7-11-9(4)15-13(6-2)17-11;2*2-1(3)4;/h2*5-7H2,1-4H3,(H,14,16)(H,15,17);;;/q;;2*-1;+2. The average Bonchev–Trinajstić information content (AvgIpc) is 3.66. The zero-order valence-electron chi connectivity index (χ0n) is 25.7. The van der Waals surface area contributed by atoms with Gasteiger partial charge in [-0.15, -0.1) is 0 Å². The second-order valence-corrected chi connectivity index (χ2v) is 9.24. The summed E-state index contributed by atoms with van der Waals surface area (Å²) in [6.07, 6.45) is 5.40. The Morgan fingerprint density at radius 3 is 0.767 bits per heavy atom. The molecule has 4 rings (SSSR count). The number of aryl methyl sites for hydroxylation is 8. The van der Waals surface area contributed by atoms with E-state index in [0.717, 1.165) is 107 Å². The minimum atomic E-state index is -1.75. The van der Waals surface area contributed by atoms with E-state index in [-0.39, 0.29) is 16.5 Å². The second-order valence-electron chi connectivity index (χ2n) is 9.24. The molecular formula is C26H40N10NiO6.